The lowest BCUT2D eigenvalue weighted by Gasteiger charge is -2.52. The molecule has 1 saturated heterocycles. The van der Waals surface area contributed by atoms with E-state index < -0.39 is 0 Å². The fourth-order valence-corrected chi connectivity index (χ4v) is 5.39. The molecule has 0 radical (unpaired) electrons. The van der Waals surface area contributed by atoms with Gasteiger partial charge >= 0.3 is 0 Å². The maximum Gasteiger partial charge on any atom is 0.166 e. The van der Waals surface area contributed by atoms with E-state index in [4.69, 9.17) is 4.74 Å². The van der Waals surface area contributed by atoms with E-state index in [2.05, 4.69) is 44.9 Å². The van der Waals surface area contributed by atoms with E-state index >= 15 is 0 Å². The van der Waals surface area contributed by atoms with Crippen LogP contribution in [0.1, 0.15) is 17.5 Å². The summed E-state index contributed by atoms with van der Waals surface area (Å²) in [5, 5.41) is 10.2. The molecular weight excluding hydrogens is 301 g/mol. The maximum absolute atomic E-state index is 10.2. The number of rotatable bonds is 0. The lowest BCUT2D eigenvalue weighted by atomic mass is 9.58. The molecule has 0 aromatic heterocycles. The van der Waals surface area contributed by atoms with Gasteiger partial charge in [-0.2, -0.15) is 0 Å². The molecule has 2 aliphatic carbocycles. The van der Waals surface area contributed by atoms with Crippen molar-refractivity contribution in [2.45, 2.75) is 30.4 Å². The largest absolute Gasteiger partial charge is 0.504 e. The van der Waals surface area contributed by atoms with Crippen molar-refractivity contribution in [3.8, 4) is 11.5 Å². The molecule has 1 aromatic carbocycles. The number of phenols is 1. The summed E-state index contributed by atoms with van der Waals surface area (Å²) in [6, 6.07) is 4.23. The van der Waals surface area contributed by atoms with Gasteiger partial charge in [-0.3, -0.25) is 4.67 Å². The Labute approximate surface area is 131 Å². The van der Waals surface area contributed by atoms with E-state index in [1.54, 1.807) is 6.07 Å². The predicted molar refractivity (Wildman–Crippen MR) is 87.9 cm³/mol. The van der Waals surface area contributed by atoms with Gasteiger partial charge in [-0.1, -0.05) is 21.5 Å². The second kappa shape index (κ2) is 3.87. The molecule has 1 spiro atoms. The minimum Gasteiger partial charge on any atom is -0.504 e. The highest BCUT2D eigenvalue weighted by Crippen LogP contribution is 2.62. The molecule has 21 heavy (non-hydrogen) atoms. The second-order valence-electron chi connectivity index (χ2n) is 6.34. The number of aromatic hydroxyl groups is 1. The van der Waals surface area contributed by atoms with Crippen LogP contribution in [0.5, 0.6) is 11.5 Å². The number of ether oxygens (including phenoxy) is 1. The van der Waals surface area contributed by atoms with Crippen LogP contribution >= 0.6 is 22.0 Å². The average Bonchev–Trinajstić information content (AvgIpc) is 2.83. The zero-order valence-electron chi connectivity index (χ0n) is 11.4. The summed E-state index contributed by atoms with van der Waals surface area (Å²) in [6.45, 7) is 1.02. The first-order chi connectivity index (χ1) is 10.1. The molecule has 3 nitrogen and oxygen atoms in total. The number of nitrogens with zero attached hydrogens (tertiary/aromatic N) is 1. The van der Waals surface area contributed by atoms with Crippen LogP contribution in [0.15, 0.2) is 34.8 Å². The molecule has 1 unspecified atom stereocenters. The molecule has 1 fully saturated rings. The average molecular weight is 317 g/mol. The predicted octanol–water partition coefficient (Wildman–Crippen LogP) is 2.57. The highest BCUT2D eigenvalue weighted by Gasteiger charge is 2.60. The minimum atomic E-state index is -0.120. The zero-order valence-corrected chi connectivity index (χ0v) is 13.5. The summed E-state index contributed by atoms with van der Waals surface area (Å²) in [5.41, 5.74) is 3.82. The Morgan fingerprint density at radius 1 is 1.38 bits per heavy atom. The Hall–Kier alpha value is -0.960. The van der Waals surface area contributed by atoms with Gasteiger partial charge in [-0.15, -0.1) is 12.6 Å². The number of hydrogen-bond donors (Lipinski definition) is 2. The first-order valence-corrected chi connectivity index (χ1v) is 8.24. The lowest BCUT2D eigenvalue weighted by Crippen LogP contribution is -2.56. The molecule has 1 aromatic rings. The smallest absolute Gasteiger partial charge is 0.166 e. The van der Waals surface area contributed by atoms with Crippen molar-refractivity contribution in [3.05, 3.63) is 45.9 Å². The topological polar surface area (TPSA) is 32.7 Å². The van der Waals surface area contributed by atoms with Crippen molar-refractivity contribution in [1.82, 2.24) is 4.67 Å². The van der Waals surface area contributed by atoms with E-state index in [0.29, 0.717) is 11.8 Å². The summed E-state index contributed by atoms with van der Waals surface area (Å²) in [7, 11) is 2.88. The third kappa shape index (κ3) is 1.31. The maximum atomic E-state index is 10.2. The summed E-state index contributed by atoms with van der Waals surface area (Å²) < 4.78 is 8.56. The molecule has 108 valence electrons. The monoisotopic (exact) mass is 317 g/mol. The Bertz CT molecular complexity index is 744. The fourth-order valence-electron chi connectivity index (χ4n) is 4.64. The van der Waals surface area contributed by atoms with Gasteiger partial charge in [0, 0.05) is 23.1 Å². The third-order valence-corrected chi connectivity index (χ3v) is 6.51. The van der Waals surface area contributed by atoms with Crippen LogP contribution < -0.4 is 4.74 Å². The molecule has 2 bridgehead atoms. The van der Waals surface area contributed by atoms with Crippen LogP contribution in [-0.4, -0.2) is 28.5 Å². The van der Waals surface area contributed by atoms with Crippen molar-refractivity contribution in [1.29, 1.82) is 0 Å². The standard InChI is InChI=1S/C16H16NO2PS/c18-11-3-1-8-7-10-9-2-4-12(21)15-16(9,5-6-17(10)20)13(8)14(11)19-15/h1-4,10,15,18,21H,5-7,20H2/t10-,15+,16+/m1/s1. The fraction of sp³-hybridized carbons (Fsp3) is 0.375. The molecule has 2 aliphatic heterocycles. The summed E-state index contributed by atoms with van der Waals surface area (Å²) in [4.78, 5) is 0.957. The Balaban J connectivity index is 1.89. The quantitative estimate of drug-likeness (QED) is 0.570. The molecular formula is C16H16NO2PS. The number of thiol groups is 1. The van der Waals surface area contributed by atoms with Crippen LogP contribution in [0.2, 0.25) is 0 Å². The van der Waals surface area contributed by atoms with Crippen molar-refractivity contribution in [2.24, 2.45) is 0 Å². The molecule has 0 saturated carbocycles. The SMILES string of the molecule is Oc1ccc2c3c1O[C@H]1C(S)=CC=C4[C@@H](C2)N(P)CC[C@]431. The van der Waals surface area contributed by atoms with E-state index in [0.717, 1.165) is 24.3 Å². The van der Waals surface area contributed by atoms with Gasteiger partial charge in [-0.05, 0) is 36.1 Å². The van der Waals surface area contributed by atoms with Crippen molar-refractivity contribution >= 4 is 22.0 Å². The Morgan fingerprint density at radius 2 is 2.24 bits per heavy atom. The first kappa shape index (κ1) is 12.6. The molecule has 1 N–H and O–H groups in total. The van der Waals surface area contributed by atoms with Gasteiger partial charge < -0.3 is 9.84 Å². The molecule has 2 heterocycles. The molecule has 5 rings (SSSR count). The van der Waals surface area contributed by atoms with Gasteiger partial charge in [-0.25, -0.2) is 0 Å². The van der Waals surface area contributed by atoms with Gasteiger partial charge in [0.1, 0.15) is 6.10 Å². The van der Waals surface area contributed by atoms with Crippen LogP contribution in [0.25, 0.3) is 0 Å². The van der Waals surface area contributed by atoms with Gasteiger partial charge in [0.05, 0.1) is 5.41 Å². The van der Waals surface area contributed by atoms with E-state index in [-0.39, 0.29) is 17.3 Å². The molecule has 0 amide bonds. The van der Waals surface area contributed by atoms with E-state index in [1.807, 2.05) is 0 Å². The number of allylic oxidation sites excluding steroid dienone is 2. The Kier molecular flexibility index (Phi) is 2.31. The second-order valence-corrected chi connectivity index (χ2v) is 7.52. The van der Waals surface area contributed by atoms with Crippen LogP contribution in [0, 0.1) is 0 Å². The summed E-state index contributed by atoms with van der Waals surface area (Å²) in [6.07, 6.45) is 6.19. The van der Waals surface area contributed by atoms with Gasteiger partial charge in [0.2, 0.25) is 0 Å². The van der Waals surface area contributed by atoms with Gasteiger partial charge in [0.15, 0.2) is 11.5 Å². The minimum absolute atomic E-state index is 0.0793. The number of hydrogen-bond acceptors (Lipinski definition) is 4. The molecule has 4 aliphatic rings. The summed E-state index contributed by atoms with van der Waals surface area (Å²) in [5.74, 6) is 0.936. The first-order valence-electron chi connectivity index (χ1n) is 7.27. The number of benzene rings is 1. The lowest BCUT2D eigenvalue weighted by molar-refractivity contribution is 0.146. The number of phenolic OH excluding ortho intramolecular Hbond substituents is 1. The highest BCUT2D eigenvalue weighted by molar-refractivity contribution is 7.84. The van der Waals surface area contributed by atoms with Crippen LogP contribution in [0.4, 0.5) is 0 Å². The van der Waals surface area contributed by atoms with Crippen LogP contribution in [-0.2, 0) is 11.8 Å². The third-order valence-electron chi connectivity index (χ3n) is 5.51. The van der Waals surface area contributed by atoms with E-state index in [1.165, 1.54) is 16.7 Å². The number of piperidine rings is 1. The molecule has 4 atom stereocenters. The van der Waals surface area contributed by atoms with Crippen molar-refractivity contribution < 1.29 is 9.84 Å². The van der Waals surface area contributed by atoms with Crippen LogP contribution in [0.3, 0.4) is 0 Å². The van der Waals surface area contributed by atoms with Crippen molar-refractivity contribution in [3.63, 3.8) is 0 Å². The van der Waals surface area contributed by atoms with Gasteiger partial charge in [0.25, 0.3) is 0 Å². The highest BCUT2D eigenvalue weighted by atomic mass is 32.1. The summed E-state index contributed by atoms with van der Waals surface area (Å²) >= 11 is 4.65. The molecule has 5 heteroatoms. The normalized spacial score (nSPS) is 35.7. The van der Waals surface area contributed by atoms with Crippen molar-refractivity contribution in [2.75, 3.05) is 6.54 Å². The van der Waals surface area contributed by atoms with E-state index in [9.17, 15) is 5.11 Å². The zero-order chi connectivity index (χ0) is 14.4. The Morgan fingerprint density at radius 3 is 3.10 bits per heavy atom.